The Hall–Kier alpha value is -2.36. The fourth-order valence-electron chi connectivity index (χ4n) is 2.05. The fraction of sp³-hybridized carbons (Fsp3) is 0.200. The van der Waals surface area contributed by atoms with E-state index >= 15 is 0 Å². The molecule has 0 atom stereocenters. The van der Waals surface area contributed by atoms with Crippen molar-refractivity contribution in [1.82, 2.24) is 10.3 Å². The molecular formula is C15H14N2O2. The van der Waals surface area contributed by atoms with Gasteiger partial charge in [0.25, 0.3) is 5.91 Å². The molecule has 0 aliphatic carbocycles. The molecule has 2 aromatic rings. The lowest BCUT2D eigenvalue weighted by Gasteiger charge is -2.07. The number of carbonyl (C=O) groups is 1. The van der Waals surface area contributed by atoms with Gasteiger partial charge in [0.2, 0.25) is 0 Å². The van der Waals surface area contributed by atoms with E-state index in [4.69, 9.17) is 4.74 Å². The van der Waals surface area contributed by atoms with E-state index in [-0.39, 0.29) is 5.91 Å². The lowest BCUT2D eigenvalue weighted by molar-refractivity contribution is 0.0966. The number of amides is 1. The zero-order chi connectivity index (χ0) is 13.2. The molecule has 19 heavy (non-hydrogen) atoms. The van der Waals surface area contributed by atoms with Gasteiger partial charge >= 0.3 is 0 Å². The van der Waals surface area contributed by atoms with Crippen LogP contribution in [0.2, 0.25) is 0 Å². The molecule has 0 saturated carbocycles. The minimum Gasteiger partial charge on any atom is -0.489 e. The van der Waals surface area contributed by atoms with Crippen molar-refractivity contribution in [2.24, 2.45) is 0 Å². The highest BCUT2D eigenvalue weighted by molar-refractivity contribution is 5.98. The second kappa shape index (κ2) is 4.72. The number of benzene rings is 1. The zero-order valence-corrected chi connectivity index (χ0v) is 10.6. The Labute approximate surface area is 111 Å². The maximum absolute atomic E-state index is 11.4. The SMILES string of the molecule is Cc1ccc(COc2ccc3c(c2)CNC3=O)cn1. The summed E-state index contributed by atoms with van der Waals surface area (Å²) in [5.74, 6) is 0.764. The predicted octanol–water partition coefficient (Wildman–Crippen LogP) is 2.21. The summed E-state index contributed by atoms with van der Waals surface area (Å²) in [7, 11) is 0. The van der Waals surface area contributed by atoms with Crippen molar-refractivity contribution in [3.63, 3.8) is 0 Å². The third-order valence-corrected chi connectivity index (χ3v) is 3.14. The van der Waals surface area contributed by atoms with Gasteiger partial charge in [0.05, 0.1) is 0 Å². The Morgan fingerprint density at radius 1 is 1.32 bits per heavy atom. The second-order valence-electron chi connectivity index (χ2n) is 4.60. The van der Waals surface area contributed by atoms with Gasteiger partial charge in [-0.3, -0.25) is 9.78 Å². The Bertz CT molecular complexity index is 621. The normalized spacial score (nSPS) is 13.0. The van der Waals surface area contributed by atoms with Crippen LogP contribution >= 0.6 is 0 Å². The molecule has 0 spiro atoms. The topological polar surface area (TPSA) is 51.2 Å². The molecule has 1 aromatic heterocycles. The van der Waals surface area contributed by atoms with E-state index in [9.17, 15) is 4.79 Å². The van der Waals surface area contributed by atoms with Gasteiger partial charge in [-0.1, -0.05) is 6.07 Å². The van der Waals surface area contributed by atoms with Crippen molar-refractivity contribution in [1.29, 1.82) is 0 Å². The molecule has 0 fully saturated rings. The van der Waals surface area contributed by atoms with Crippen molar-refractivity contribution in [3.05, 3.63) is 58.9 Å². The molecule has 0 saturated heterocycles. The number of nitrogens with zero attached hydrogens (tertiary/aromatic N) is 1. The molecular weight excluding hydrogens is 240 g/mol. The van der Waals surface area contributed by atoms with E-state index in [2.05, 4.69) is 10.3 Å². The summed E-state index contributed by atoms with van der Waals surface area (Å²) in [4.78, 5) is 15.7. The van der Waals surface area contributed by atoms with Gasteiger partial charge in [-0.25, -0.2) is 0 Å². The Balaban J connectivity index is 1.71. The van der Waals surface area contributed by atoms with E-state index in [1.165, 1.54) is 0 Å². The Kier molecular flexibility index (Phi) is 2.91. The summed E-state index contributed by atoms with van der Waals surface area (Å²) in [6.07, 6.45) is 1.81. The van der Waals surface area contributed by atoms with Crippen molar-refractivity contribution in [2.45, 2.75) is 20.1 Å². The van der Waals surface area contributed by atoms with Gasteiger partial charge in [0.1, 0.15) is 12.4 Å². The van der Waals surface area contributed by atoms with Gasteiger partial charge in [0.15, 0.2) is 0 Å². The van der Waals surface area contributed by atoms with Crippen LogP contribution in [0.25, 0.3) is 0 Å². The van der Waals surface area contributed by atoms with Crippen LogP contribution in [-0.4, -0.2) is 10.9 Å². The Morgan fingerprint density at radius 3 is 3.00 bits per heavy atom. The standard InChI is InChI=1S/C15H14N2O2/c1-10-2-3-11(7-16-10)9-19-13-4-5-14-12(6-13)8-17-15(14)18/h2-7H,8-9H2,1H3,(H,17,18). The summed E-state index contributed by atoms with van der Waals surface area (Å²) in [5.41, 5.74) is 3.75. The number of nitrogens with one attached hydrogen (secondary N) is 1. The molecule has 4 heteroatoms. The highest BCUT2D eigenvalue weighted by Gasteiger charge is 2.18. The smallest absolute Gasteiger partial charge is 0.251 e. The van der Waals surface area contributed by atoms with Crippen molar-refractivity contribution >= 4 is 5.91 Å². The Morgan fingerprint density at radius 2 is 2.21 bits per heavy atom. The number of ether oxygens (including phenoxy) is 1. The van der Waals surface area contributed by atoms with E-state index in [1.54, 1.807) is 6.07 Å². The molecule has 1 aromatic carbocycles. The maximum Gasteiger partial charge on any atom is 0.251 e. The van der Waals surface area contributed by atoms with Crippen LogP contribution in [-0.2, 0) is 13.2 Å². The summed E-state index contributed by atoms with van der Waals surface area (Å²) in [5, 5.41) is 2.79. The minimum atomic E-state index is -0.00992. The second-order valence-corrected chi connectivity index (χ2v) is 4.60. The molecule has 1 amide bonds. The first-order valence-electron chi connectivity index (χ1n) is 6.18. The third-order valence-electron chi connectivity index (χ3n) is 3.14. The lowest BCUT2D eigenvalue weighted by atomic mass is 10.1. The number of aromatic nitrogens is 1. The van der Waals surface area contributed by atoms with E-state index in [1.807, 2.05) is 37.4 Å². The largest absolute Gasteiger partial charge is 0.489 e. The number of fused-ring (bicyclic) bond motifs is 1. The molecule has 2 heterocycles. The summed E-state index contributed by atoms with van der Waals surface area (Å²) < 4.78 is 5.71. The van der Waals surface area contributed by atoms with E-state index in [0.717, 1.165) is 28.1 Å². The average molecular weight is 254 g/mol. The van der Waals surface area contributed by atoms with Gasteiger partial charge in [0, 0.05) is 29.6 Å². The summed E-state index contributed by atoms with van der Waals surface area (Å²) >= 11 is 0. The number of carbonyl (C=O) groups excluding carboxylic acids is 1. The van der Waals surface area contributed by atoms with Crippen molar-refractivity contribution in [3.8, 4) is 5.75 Å². The highest BCUT2D eigenvalue weighted by atomic mass is 16.5. The molecule has 96 valence electrons. The molecule has 0 bridgehead atoms. The minimum absolute atomic E-state index is 0.00992. The molecule has 0 unspecified atom stereocenters. The molecule has 0 radical (unpaired) electrons. The van der Waals surface area contributed by atoms with Crippen LogP contribution < -0.4 is 10.1 Å². The average Bonchev–Trinajstić information content (AvgIpc) is 2.79. The van der Waals surface area contributed by atoms with E-state index < -0.39 is 0 Å². The van der Waals surface area contributed by atoms with Crippen LogP contribution in [0.15, 0.2) is 36.5 Å². The maximum atomic E-state index is 11.4. The number of hydrogen-bond acceptors (Lipinski definition) is 3. The molecule has 1 aliphatic rings. The quantitative estimate of drug-likeness (QED) is 0.913. The van der Waals surface area contributed by atoms with Gasteiger partial charge in [-0.2, -0.15) is 0 Å². The number of pyridine rings is 1. The molecule has 1 N–H and O–H groups in total. The van der Waals surface area contributed by atoms with Gasteiger partial charge in [-0.05, 0) is 36.8 Å². The molecule has 1 aliphatic heterocycles. The van der Waals surface area contributed by atoms with Crippen LogP contribution in [0.3, 0.4) is 0 Å². The number of rotatable bonds is 3. The summed E-state index contributed by atoms with van der Waals surface area (Å²) in [6, 6.07) is 9.51. The van der Waals surface area contributed by atoms with Crippen LogP contribution in [0.1, 0.15) is 27.2 Å². The first-order chi connectivity index (χ1) is 9.22. The van der Waals surface area contributed by atoms with Crippen LogP contribution in [0.5, 0.6) is 5.75 Å². The monoisotopic (exact) mass is 254 g/mol. The fourth-order valence-corrected chi connectivity index (χ4v) is 2.05. The first kappa shape index (κ1) is 11.7. The van der Waals surface area contributed by atoms with Gasteiger partial charge < -0.3 is 10.1 Å². The van der Waals surface area contributed by atoms with Gasteiger partial charge in [-0.15, -0.1) is 0 Å². The van der Waals surface area contributed by atoms with Crippen molar-refractivity contribution < 1.29 is 9.53 Å². The predicted molar refractivity (Wildman–Crippen MR) is 70.9 cm³/mol. The van der Waals surface area contributed by atoms with Crippen LogP contribution in [0, 0.1) is 6.92 Å². The lowest BCUT2D eigenvalue weighted by Crippen LogP contribution is -2.12. The zero-order valence-electron chi connectivity index (χ0n) is 10.6. The summed E-state index contributed by atoms with van der Waals surface area (Å²) in [6.45, 7) is 3.01. The third kappa shape index (κ3) is 2.42. The first-order valence-corrected chi connectivity index (χ1v) is 6.18. The molecule has 4 nitrogen and oxygen atoms in total. The highest BCUT2D eigenvalue weighted by Crippen LogP contribution is 2.22. The molecule has 3 rings (SSSR count). The number of hydrogen-bond donors (Lipinski definition) is 1. The van der Waals surface area contributed by atoms with Crippen LogP contribution in [0.4, 0.5) is 0 Å². The van der Waals surface area contributed by atoms with Crippen molar-refractivity contribution in [2.75, 3.05) is 0 Å². The number of aryl methyl sites for hydroxylation is 1. The van der Waals surface area contributed by atoms with E-state index in [0.29, 0.717) is 13.2 Å².